The fourth-order valence-corrected chi connectivity index (χ4v) is 3.99. The average Bonchev–Trinajstić information content (AvgIpc) is 2.66. The molecule has 0 spiro atoms. The molecule has 2 heteroatoms. The minimum atomic E-state index is 0.165. The molecule has 4 aromatic carbocycles. The van der Waals surface area contributed by atoms with Crippen molar-refractivity contribution in [2.75, 3.05) is 5.75 Å². The first-order valence-corrected chi connectivity index (χ1v) is 8.93. The minimum absolute atomic E-state index is 0.165. The smallest absolute Gasteiger partial charge is 0.173 e. The third-order valence-electron chi connectivity index (χ3n) is 4.18. The fourth-order valence-electron chi connectivity index (χ4n) is 2.99. The lowest BCUT2D eigenvalue weighted by Gasteiger charge is -2.10. The highest BCUT2D eigenvalue weighted by Crippen LogP contribution is 2.34. The van der Waals surface area contributed by atoms with Crippen LogP contribution in [0.3, 0.4) is 0 Å². The van der Waals surface area contributed by atoms with Gasteiger partial charge in [0.1, 0.15) is 0 Å². The maximum atomic E-state index is 12.4. The van der Waals surface area contributed by atoms with Crippen LogP contribution in [0, 0.1) is 0 Å². The normalized spacial score (nSPS) is 11.0. The van der Waals surface area contributed by atoms with Crippen LogP contribution in [-0.4, -0.2) is 11.5 Å². The van der Waals surface area contributed by atoms with Crippen LogP contribution in [0.15, 0.2) is 89.8 Å². The third kappa shape index (κ3) is 2.81. The predicted octanol–water partition coefficient (Wildman–Crippen LogP) is 5.97. The highest BCUT2D eigenvalue weighted by molar-refractivity contribution is 8.00. The van der Waals surface area contributed by atoms with Gasteiger partial charge in [-0.15, -0.1) is 11.8 Å². The van der Waals surface area contributed by atoms with Gasteiger partial charge in [-0.25, -0.2) is 0 Å². The van der Waals surface area contributed by atoms with Crippen LogP contribution in [0.2, 0.25) is 0 Å². The Morgan fingerprint density at radius 3 is 2.12 bits per heavy atom. The fraction of sp³-hybridized carbons (Fsp3) is 0.0455. The lowest BCUT2D eigenvalue weighted by molar-refractivity contribution is 0.102. The summed E-state index contributed by atoms with van der Waals surface area (Å²) in [4.78, 5) is 13.6. The van der Waals surface area contributed by atoms with E-state index in [9.17, 15) is 4.79 Å². The Kier molecular flexibility index (Phi) is 4.06. The molecule has 0 heterocycles. The number of rotatable bonds is 4. The summed E-state index contributed by atoms with van der Waals surface area (Å²) in [6.45, 7) is 0. The van der Waals surface area contributed by atoms with Crippen LogP contribution in [-0.2, 0) is 0 Å². The number of fused-ring (bicyclic) bond motifs is 3. The van der Waals surface area contributed by atoms with E-state index in [1.54, 1.807) is 11.8 Å². The van der Waals surface area contributed by atoms with Gasteiger partial charge in [0.15, 0.2) is 5.78 Å². The van der Waals surface area contributed by atoms with Crippen molar-refractivity contribution in [1.29, 1.82) is 0 Å². The molecule has 4 rings (SSSR count). The van der Waals surface area contributed by atoms with Crippen molar-refractivity contribution in [3.8, 4) is 0 Å². The number of Topliss-reactive ketones (excluding diaryl/α,β-unsaturated/α-hetero) is 1. The molecule has 0 aliphatic carbocycles. The molecule has 0 atom stereocenters. The summed E-state index contributed by atoms with van der Waals surface area (Å²) in [5, 5.41) is 4.92. The molecule has 0 radical (unpaired) electrons. The second-order valence-corrected chi connectivity index (χ2v) is 6.74. The van der Waals surface area contributed by atoms with Crippen molar-refractivity contribution in [3.05, 3.63) is 90.5 Å². The zero-order chi connectivity index (χ0) is 16.4. The molecule has 0 bridgehead atoms. The van der Waals surface area contributed by atoms with E-state index in [0.29, 0.717) is 5.75 Å². The number of carbonyl (C=O) groups excluding carboxylic acids is 1. The van der Waals surface area contributed by atoms with Crippen LogP contribution >= 0.6 is 11.8 Å². The van der Waals surface area contributed by atoms with E-state index in [1.807, 2.05) is 30.3 Å². The molecule has 4 aromatic rings. The molecule has 0 N–H and O–H groups in total. The van der Waals surface area contributed by atoms with Gasteiger partial charge >= 0.3 is 0 Å². The molecule has 0 amide bonds. The minimum Gasteiger partial charge on any atom is -0.293 e. The number of hydrogen-bond acceptors (Lipinski definition) is 2. The first-order chi connectivity index (χ1) is 11.8. The van der Waals surface area contributed by atoms with E-state index in [2.05, 4.69) is 54.6 Å². The Hall–Kier alpha value is -2.58. The second kappa shape index (κ2) is 6.50. The number of hydrogen-bond donors (Lipinski definition) is 0. The molecule has 0 saturated carbocycles. The molecular formula is C22H16OS. The predicted molar refractivity (Wildman–Crippen MR) is 103 cm³/mol. The van der Waals surface area contributed by atoms with Crippen molar-refractivity contribution in [3.63, 3.8) is 0 Å². The lowest BCUT2D eigenvalue weighted by atomic mass is 10.0. The highest BCUT2D eigenvalue weighted by atomic mass is 32.2. The quantitative estimate of drug-likeness (QED) is 0.261. The zero-order valence-corrected chi connectivity index (χ0v) is 13.9. The number of ketones is 1. The summed E-state index contributed by atoms with van der Waals surface area (Å²) >= 11 is 1.62. The van der Waals surface area contributed by atoms with Gasteiger partial charge in [-0.2, -0.15) is 0 Å². The molecule has 116 valence electrons. The Labute approximate surface area is 145 Å². The van der Waals surface area contributed by atoms with Crippen molar-refractivity contribution in [2.45, 2.75) is 4.90 Å². The van der Waals surface area contributed by atoms with Crippen molar-refractivity contribution in [1.82, 2.24) is 0 Å². The van der Waals surface area contributed by atoms with Gasteiger partial charge in [-0.1, -0.05) is 78.9 Å². The van der Waals surface area contributed by atoms with Crippen molar-refractivity contribution < 1.29 is 4.79 Å². The third-order valence-corrected chi connectivity index (χ3v) is 5.24. The molecule has 0 unspecified atom stereocenters. The Bertz CT molecular complexity index is 1020. The van der Waals surface area contributed by atoms with Crippen molar-refractivity contribution >= 4 is 39.1 Å². The molecule has 0 aliphatic heterocycles. The summed E-state index contributed by atoms with van der Waals surface area (Å²) in [5.41, 5.74) is 0.773. The molecule has 0 aromatic heterocycles. The maximum absolute atomic E-state index is 12.4. The van der Waals surface area contributed by atoms with Crippen LogP contribution in [0.5, 0.6) is 0 Å². The summed E-state index contributed by atoms with van der Waals surface area (Å²) in [6, 6.07) is 28.5. The highest BCUT2D eigenvalue weighted by Gasteiger charge is 2.10. The Morgan fingerprint density at radius 1 is 0.708 bits per heavy atom. The van der Waals surface area contributed by atoms with Gasteiger partial charge in [0.25, 0.3) is 0 Å². The van der Waals surface area contributed by atoms with Crippen LogP contribution in [0.4, 0.5) is 0 Å². The van der Waals surface area contributed by atoms with Crippen LogP contribution in [0.1, 0.15) is 10.4 Å². The number of benzene rings is 4. The summed E-state index contributed by atoms with van der Waals surface area (Å²) < 4.78 is 0. The standard InChI is InChI=1S/C22H16OS/c23-21(16-8-2-1-3-9-16)15-24-22-14-17-10-4-5-11-18(17)19-12-6-7-13-20(19)22/h1-14H,15H2. The Morgan fingerprint density at radius 2 is 1.33 bits per heavy atom. The molecule has 0 fully saturated rings. The SMILES string of the molecule is O=C(CSc1cc2ccccc2c2ccccc12)c1ccccc1. The van der Waals surface area contributed by atoms with Crippen molar-refractivity contribution in [2.24, 2.45) is 0 Å². The largest absolute Gasteiger partial charge is 0.293 e. The number of thioether (sulfide) groups is 1. The van der Waals surface area contributed by atoms with Gasteiger partial charge in [0, 0.05) is 10.5 Å². The molecular weight excluding hydrogens is 312 g/mol. The van der Waals surface area contributed by atoms with Gasteiger partial charge in [-0.3, -0.25) is 4.79 Å². The first-order valence-electron chi connectivity index (χ1n) is 7.94. The first kappa shape index (κ1) is 15.0. The van der Waals surface area contributed by atoms with Gasteiger partial charge in [-0.05, 0) is 27.6 Å². The van der Waals surface area contributed by atoms with E-state index >= 15 is 0 Å². The second-order valence-electron chi connectivity index (χ2n) is 5.72. The van der Waals surface area contributed by atoms with E-state index in [4.69, 9.17) is 0 Å². The van der Waals surface area contributed by atoms with E-state index < -0.39 is 0 Å². The van der Waals surface area contributed by atoms with Gasteiger partial charge < -0.3 is 0 Å². The maximum Gasteiger partial charge on any atom is 0.173 e. The average molecular weight is 328 g/mol. The monoisotopic (exact) mass is 328 g/mol. The molecule has 24 heavy (non-hydrogen) atoms. The summed E-state index contributed by atoms with van der Waals surface area (Å²) in [7, 11) is 0. The Balaban J connectivity index is 1.72. The summed E-state index contributed by atoms with van der Waals surface area (Å²) in [5.74, 6) is 0.615. The van der Waals surface area contributed by atoms with Gasteiger partial charge in [0.2, 0.25) is 0 Å². The number of carbonyl (C=O) groups is 1. The van der Waals surface area contributed by atoms with E-state index in [-0.39, 0.29) is 5.78 Å². The molecule has 0 aliphatic rings. The van der Waals surface area contributed by atoms with Crippen LogP contribution < -0.4 is 0 Å². The van der Waals surface area contributed by atoms with E-state index in [0.717, 1.165) is 10.5 Å². The summed E-state index contributed by atoms with van der Waals surface area (Å²) in [6.07, 6.45) is 0. The molecule has 1 nitrogen and oxygen atoms in total. The van der Waals surface area contributed by atoms with E-state index in [1.165, 1.54) is 21.5 Å². The lowest BCUT2D eigenvalue weighted by Crippen LogP contribution is -2.01. The molecule has 0 saturated heterocycles. The van der Waals surface area contributed by atoms with Gasteiger partial charge in [0.05, 0.1) is 5.75 Å². The topological polar surface area (TPSA) is 17.1 Å². The zero-order valence-electron chi connectivity index (χ0n) is 13.1. The van der Waals surface area contributed by atoms with Crippen LogP contribution in [0.25, 0.3) is 21.5 Å².